The van der Waals surface area contributed by atoms with Gasteiger partial charge < -0.3 is 0 Å². The number of hydrogen-bond donors (Lipinski definition) is 1. The maximum Gasteiger partial charge on any atom is 0.416 e. The van der Waals surface area contributed by atoms with Crippen molar-refractivity contribution in [2.45, 2.75) is 43.8 Å². The molecular formula is C13H17ClF3NO2S. The summed E-state index contributed by atoms with van der Waals surface area (Å²) in [6.45, 7) is 4.39. The van der Waals surface area contributed by atoms with E-state index < -0.39 is 27.3 Å². The van der Waals surface area contributed by atoms with E-state index in [4.69, 9.17) is 11.6 Å². The van der Waals surface area contributed by atoms with Gasteiger partial charge in [-0.1, -0.05) is 6.07 Å². The van der Waals surface area contributed by atoms with Gasteiger partial charge in [-0.05, 0) is 44.9 Å². The Balaban J connectivity index is 3.28. The van der Waals surface area contributed by atoms with Gasteiger partial charge in [0.1, 0.15) is 0 Å². The molecule has 0 amide bonds. The maximum absolute atomic E-state index is 12.8. The van der Waals surface area contributed by atoms with Crippen molar-refractivity contribution >= 4 is 21.6 Å². The molecule has 0 spiro atoms. The Kier molecular flexibility index (Phi) is 5.34. The SMILES string of the molecule is Cc1c(C(F)(F)F)cccc1S(=O)(=O)NC(C)(C)CCCl. The lowest BCUT2D eigenvalue weighted by molar-refractivity contribution is -0.138. The van der Waals surface area contributed by atoms with Gasteiger partial charge in [-0.25, -0.2) is 13.1 Å². The first kappa shape index (κ1) is 18.3. The van der Waals surface area contributed by atoms with Crippen molar-refractivity contribution in [1.29, 1.82) is 0 Å². The molecule has 0 fully saturated rings. The summed E-state index contributed by atoms with van der Waals surface area (Å²) >= 11 is 5.59. The Labute approximate surface area is 127 Å². The fraction of sp³-hybridized carbons (Fsp3) is 0.538. The molecule has 0 aliphatic heterocycles. The van der Waals surface area contributed by atoms with E-state index >= 15 is 0 Å². The molecule has 8 heteroatoms. The topological polar surface area (TPSA) is 46.2 Å². The van der Waals surface area contributed by atoms with Crippen LogP contribution in [0.25, 0.3) is 0 Å². The van der Waals surface area contributed by atoms with Crippen molar-refractivity contribution < 1.29 is 21.6 Å². The third-order valence-corrected chi connectivity index (χ3v) is 5.04. The standard InChI is InChI=1S/C13H17ClF3NO2S/c1-9-10(13(15,16)17)5-4-6-11(9)21(19,20)18-12(2,3)7-8-14/h4-6,18H,7-8H2,1-3H3. The molecule has 1 aromatic carbocycles. The van der Waals surface area contributed by atoms with Gasteiger partial charge in [-0.3, -0.25) is 0 Å². The number of benzene rings is 1. The van der Waals surface area contributed by atoms with E-state index in [2.05, 4.69) is 4.72 Å². The first-order chi connectivity index (χ1) is 9.41. The zero-order valence-electron chi connectivity index (χ0n) is 11.9. The van der Waals surface area contributed by atoms with E-state index in [1.807, 2.05) is 0 Å². The quantitative estimate of drug-likeness (QED) is 0.829. The fourth-order valence-electron chi connectivity index (χ4n) is 1.92. The normalized spacial score (nSPS) is 13.5. The van der Waals surface area contributed by atoms with Crippen molar-refractivity contribution in [2.75, 3.05) is 5.88 Å². The van der Waals surface area contributed by atoms with Crippen LogP contribution in [0.1, 0.15) is 31.4 Å². The lowest BCUT2D eigenvalue weighted by Crippen LogP contribution is -2.43. The molecular weight excluding hydrogens is 327 g/mol. The van der Waals surface area contributed by atoms with Crippen LogP contribution in [0.4, 0.5) is 13.2 Å². The van der Waals surface area contributed by atoms with Crippen LogP contribution in [-0.4, -0.2) is 19.8 Å². The van der Waals surface area contributed by atoms with Gasteiger partial charge in [0.05, 0.1) is 10.5 Å². The van der Waals surface area contributed by atoms with Crippen LogP contribution in [0, 0.1) is 6.92 Å². The number of alkyl halides is 4. The molecule has 0 unspecified atom stereocenters. The third kappa shape index (κ3) is 4.59. The van der Waals surface area contributed by atoms with Crippen LogP contribution in [0.15, 0.2) is 23.1 Å². The van der Waals surface area contributed by atoms with E-state index in [0.29, 0.717) is 6.42 Å². The first-order valence-corrected chi connectivity index (χ1v) is 8.19. The first-order valence-electron chi connectivity index (χ1n) is 6.17. The van der Waals surface area contributed by atoms with Crippen LogP contribution < -0.4 is 4.72 Å². The Morgan fingerprint density at radius 2 is 1.81 bits per heavy atom. The predicted molar refractivity (Wildman–Crippen MR) is 75.9 cm³/mol. The molecule has 3 nitrogen and oxygen atoms in total. The summed E-state index contributed by atoms with van der Waals surface area (Å²) in [5.41, 5.74) is -2.12. The van der Waals surface area contributed by atoms with Gasteiger partial charge in [-0.2, -0.15) is 13.2 Å². The van der Waals surface area contributed by atoms with E-state index in [1.54, 1.807) is 13.8 Å². The zero-order chi connectivity index (χ0) is 16.5. The summed E-state index contributed by atoms with van der Waals surface area (Å²) in [6, 6.07) is 3.10. The average Bonchev–Trinajstić information content (AvgIpc) is 2.25. The van der Waals surface area contributed by atoms with Crippen molar-refractivity contribution in [1.82, 2.24) is 4.72 Å². The van der Waals surface area contributed by atoms with Crippen LogP contribution in [0.3, 0.4) is 0 Å². The number of hydrogen-bond acceptors (Lipinski definition) is 2. The summed E-state index contributed by atoms with van der Waals surface area (Å²) in [5, 5.41) is 0. The number of sulfonamides is 1. The number of nitrogens with one attached hydrogen (secondary N) is 1. The van der Waals surface area contributed by atoms with E-state index in [1.165, 1.54) is 0 Å². The number of rotatable bonds is 5. The molecule has 0 aliphatic rings. The highest BCUT2D eigenvalue weighted by Gasteiger charge is 2.35. The highest BCUT2D eigenvalue weighted by atomic mass is 35.5. The molecule has 0 atom stereocenters. The zero-order valence-corrected chi connectivity index (χ0v) is 13.5. The fourth-order valence-corrected chi connectivity index (χ4v) is 4.10. The second-order valence-electron chi connectivity index (χ2n) is 5.35. The Bertz CT molecular complexity index is 612. The second kappa shape index (κ2) is 6.14. The smallest absolute Gasteiger partial charge is 0.207 e. The van der Waals surface area contributed by atoms with Crippen LogP contribution >= 0.6 is 11.6 Å². The molecule has 120 valence electrons. The molecule has 1 rings (SSSR count). The molecule has 0 radical (unpaired) electrons. The van der Waals surface area contributed by atoms with Crippen molar-refractivity contribution in [2.24, 2.45) is 0 Å². The van der Waals surface area contributed by atoms with Gasteiger partial charge in [0, 0.05) is 11.4 Å². The molecule has 0 saturated heterocycles. The lowest BCUT2D eigenvalue weighted by Gasteiger charge is -2.25. The van der Waals surface area contributed by atoms with Gasteiger partial charge in [0.25, 0.3) is 0 Å². The van der Waals surface area contributed by atoms with Gasteiger partial charge >= 0.3 is 6.18 Å². The summed E-state index contributed by atoms with van der Waals surface area (Å²) in [5.74, 6) is 0.233. The predicted octanol–water partition coefficient (Wildman–Crippen LogP) is 3.70. The monoisotopic (exact) mass is 343 g/mol. The van der Waals surface area contributed by atoms with E-state index in [0.717, 1.165) is 25.1 Å². The van der Waals surface area contributed by atoms with Gasteiger partial charge in [-0.15, -0.1) is 11.6 Å². The number of halogens is 4. The van der Waals surface area contributed by atoms with Crippen molar-refractivity contribution in [3.63, 3.8) is 0 Å². The minimum atomic E-state index is -4.60. The Hall–Kier alpha value is -0.790. The molecule has 21 heavy (non-hydrogen) atoms. The molecule has 1 N–H and O–H groups in total. The molecule has 0 saturated carbocycles. The minimum absolute atomic E-state index is 0.233. The lowest BCUT2D eigenvalue weighted by atomic mass is 10.0. The minimum Gasteiger partial charge on any atom is -0.207 e. The largest absolute Gasteiger partial charge is 0.416 e. The summed E-state index contributed by atoms with van der Waals surface area (Å²) in [6.07, 6.45) is -4.24. The molecule has 0 aromatic heterocycles. The van der Waals surface area contributed by atoms with Crippen LogP contribution in [0.5, 0.6) is 0 Å². The van der Waals surface area contributed by atoms with Crippen LogP contribution in [0.2, 0.25) is 0 Å². The van der Waals surface area contributed by atoms with Crippen molar-refractivity contribution in [3.8, 4) is 0 Å². The highest BCUT2D eigenvalue weighted by molar-refractivity contribution is 7.89. The van der Waals surface area contributed by atoms with Crippen LogP contribution in [-0.2, 0) is 16.2 Å². The van der Waals surface area contributed by atoms with E-state index in [9.17, 15) is 21.6 Å². The molecule has 0 heterocycles. The second-order valence-corrected chi connectivity index (χ2v) is 7.38. The Morgan fingerprint density at radius 3 is 2.29 bits per heavy atom. The summed E-state index contributed by atoms with van der Waals surface area (Å²) in [4.78, 5) is -0.375. The summed E-state index contributed by atoms with van der Waals surface area (Å²) < 4.78 is 65.5. The van der Waals surface area contributed by atoms with Gasteiger partial charge in [0.15, 0.2) is 0 Å². The molecule has 1 aromatic rings. The maximum atomic E-state index is 12.8. The van der Waals surface area contributed by atoms with Gasteiger partial charge in [0.2, 0.25) is 10.0 Å². The van der Waals surface area contributed by atoms with Crippen molar-refractivity contribution in [3.05, 3.63) is 29.3 Å². The summed E-state index contributed by atoms with van der Waals surface area (Å²) in [7, 11) is -4.06. The average molecular weight is 344 g/mol. The third-order valence-electron chi connectivity index (χ3n) is 3.01. The molecule has 0 aliphatic carbocycles. The van der Waals surface area contributed by atoms with E-state index in [-0.39, 0.29) is 16.3 Å². The Morgan fingerprint density at radius 1 is 1.24 bits per heavy atom. The molecule has 0 bridgehead atoms. The highest BCUT2D eigenvalue weighted by Crippen LogP contribution is 2.34.